The van der Waals surface area contributed by atoms with Crippen LogP contribution in [0.25, 0.3) is 11.4 Å². The fourth-order valence-corrected chi connectivity index (χ4v) is 0.856. The molecule has 2 aromatic heterocycles. The Morgan fingerprint density at radius 1 is 1.45 bits per heavy atom. The lowest BCUT2D eigenvalue weighted by atomic mass is 10.3. The maximum Gasteiger partial charge on any atom is 0.181 e. The van der Waals surface area contributed by atoms with Crippen molar-refractivity contribution in [2.75, 3.05) is 0 Å². The highest BCUT2D eigenvalue weighted by Crippen LogP contribution is 2.15. The van der Waals surface area contributed by atoms with E-state index >= 15 is 0 Å². The number of hydrogen-bond donors (Lipinski definition) is 1. The third kappa shape index (κ3) is 0.899. The second kappa shape index (κ2) is 2.19. The summed E-state index contributed by atoms with van der Waals surface area (Å²) in [5, 5.41) is 10.3. The molecule has 0 unspecified atom stereocenters. The van der Waals surface area contributed by atoms with Crippen molar-refractivity contribution in [3.05, 3.63) is 18.4 Å². The van der Waals surface area contributed by atoms with E-state index in [1.165, 1.54) is 12.7 Å². The lowest BCUT2D eigenvalue weighted by Gasteiger charge is -1.84. The predicted molar refractivity (Wildman–Crippen MR) is 36.6 cm³/mol. The standard InChI is InChI=1S/C6H6N4O/c1-4-6(9-10-8-4)5-2-11-3-7-5/h2-3H,1H3,(H,8,9,10). The number of aryl methyl sites for hydroxylation is 1. The quantitative estimate of drug-likeness (QED) is 0.651. The van der Waals surface area contributed by atoms with E-state index in [1.54, 1.807) is 0 Å². The van der Waals surface area contributed by atoms with E-state index in [-0.39, 0.29) is 0 Å². The molecule has 0 aliphatic heterocycles. The normalized spacial score (nSPS) is 10.3. The molecule has 0 saturated carbocycles. The van der Waals surface area contributed by atoms with Crippen molar-refractivity contribution in [3.63, 3.8) is 0 Å². The van der Waals surface area contributed by atoms with Crippen LogP contribution in [0.3, 0.4) is 0 Å². The Labute approximate surface area is 62.5 Å². The molecule has 0 amide bonds. The zero-order valence-corrected chi connectivity index (χ0v) is 5.90. The van der Waals surface area contributed by atoms with Crippen LogP contribution in [-0.4, -0.2) is 20.4 Å². The molecule has 0 bridgehead atoms. The summed E-state index contributed by atoms with van der Waals surface area (Å²) in [6, 6.07) is 0. The average Bonchev–Trinajstić information content (AvgIpc) is 2.55. The van der Waals surface area contributed by atoms with E-state index in [1.807, 2.05) is 6.92 Å². The molecule has 5 heteroatoms. The predicted octanol–water partition coefficient (Wildman–Crippen LogP) is 0.768. The number of hydrogen-bond acceptors (Lipinski definition) is 4. The summed E-state index contributed by atoms with van der Waals surface area (Å²) in [7, 11) is 0. The Kier molecular flexibility index (Phi) is 1.21. The fraction of sp³-hybridized carbons (Fsp3) is 0.167. The Hall–Kier alpha value is -1.65. The number of nitrogens with one attached hydrogen (secondary N) is 1. The highest BCUT2D eigenvalue weighted by molar-refractivity contribution is 5.53. The van der Waals surface area contributed by atoms with Gasteiger partial charge in [-0.2, -0.15) is 15.4 Å². The van der Waals surface area contributed by atoms with Gasteiger partial charge in [0.2, 0.25) is 0 Å². The van der Waals surface area contributed by atoms with Gasteiger partial charge < -0.3 is 4.42 Å². The summed E-state index contributed by atoms with van der Waals surface area (Å²) in [4.78, 5) is 3.93. The van der Waals surface area contributed by atoms with Gasteiger partial charge in [0.15, 0.2) is 6.39 Å². The molecule has 11 heavy (non-hydrogen) atoms. The zero-order chi connectivity index (χ0) is 7.68. The van der Waals surface area contributed by atoms with Crippen LogP contribution in [0, 0.1) is 6.92 Å². The summed E-state index contributed by atoms with van der Waals surface area (Å²) in [5.41, 5.74) is 2.26. The first-order valence-corrected chi connectivity index (χ1v) is 3.14. The van der Waals surface area contributed by atoms with Crippen molar-refractivity contribution >= 4 is 0 Å². The van der Waals surface area contributed by atoms with Gasteiger partial charge in [-0.3, -0.25) is 0 Å². The van der Waals surface area contributed by atoms with Crippen LogP contribution in [0.5, 0.6) is 0 Å². The molecular weight excluding hydrogens is 144 g/mol. The molecule has 0 aromatic carbocycles. The van der Waals surface area contributed by atoms with E-state index < -0.39 is 0 Å². The number of oxazole rings is 1. The number of aromatic nitrogens is 4. The molecule has 2 rings (SSSR count). The van der Waals surface area contributed by atoms with Crippen molar-refractivity contribution in [2.45, 2.75) is 6.92 Å². The smallest absolute Gasteiger partial charge is 0.181 e. The first-order valence-electron chi connectivity index (χ1n) is 3.14. The maximum absolute atomic E-state index is 4.80. The van der Waals surface area contributed by atoms with Crippen molar-refractivity contribution in [3.8, 4) is 11.4 Å². The molecule has 56 valence electrons. The third-order valence-corrected chi connectivity index (χ3v) is 1.40. The van der Waals surface area contributed by atoms with Gasteiger partial charge in [0.25, 0.3) is 0 Å². The summed E-state index contributed by atoms with van der Waals surface area (Å²) in [6.45, 7) is 1.85. The van der Waals surface area contributed by atoms with Crippen LogP contribution in [0.4, 0.5) is 0 Å². The van der Waals surface area contributed by atoms with Gasteiger partial charge in [-0.15, -0.1) is 0 Å². The number of nitrogens with zero attached hydrogens (tertiary/aromatic N) is 3. The van der Waals surface area contributed by atoms with Crippen LogP contribution >= 0.6 is 0 Å². The highest BCUT2D eigenvalue weighted by Gasteiger charge is 2.07. The summed E-state index contributed by atoms with van der Waals surface area (Å²) < 4.78 is 4.80. The molecule has 2 aromatic rings. The molecule has 0 spiro atoms. The van der Waals surface area contributed by atoms with Gasteiger partial charge in [-0.25, -0.2) is 4.98 Å². The maximum atomic E-state index is 4.80. The van der Waals surface area contributed by atoms with Crippen molar-refractivity contribution in [1.82, 2.24) is 20.4 Å². The molecule has 0 fully saturated rings. The lowest BCUT2D eigenvalue weighted by molar-refractivity contribution is 0.558. The topological polar surface area (TPSA) is 67.6 Å². The van der Waals surface area contributed by atoms with Crippen LogP contribution < -0.4 is 0 Å². The monoisotopic (exact) mass is 150 g/mol. The Morgan fingerprint density at radius 3 is 2.91 bits per heavy atom. The van der Waals surface area contributed by atoms with Gasteiger partial charge >= 0.3 is 0 Å². The van der Waals surface area contributed by atoms with Gasteiger partial charge in [-0.1, -0.05) is 0 Å². The third-order valence-electron chi connectivity index (χ3n) is 1.40. The van der Waals surface area contributed by atoms with Crippen molar-refractivity contribution < 1.29 is 4.42 Å². The Bertz CT molecular complexity index is 337. The number of rotatable bonds is 1. The number of aromatic amines is 1. The van der Waals surface area contributed by atoms with E-state index in [2.05, 4.69) is 20.4 Å². The molecule has 1 N–H and O–H groups in total. The molecule has 2 heterocycles. The first-order chi connectivity index (χ1) is 5.38. The summed E-state index contributed by atoms with van der Waals surface area (Å²) in [6.07, 6.45) is 2.90. The highest BCUT2D eigenvalue weighted by atomic mass is 16.3. The van der Waals surface area contributed by atoms with E-state index in [9.17, 15) is 0 Å². The number of H-pyrrole nitrogens is 1. The first kappa shape index (κ1) is 6.09. The van der Waals surface area contributed by atoms with Gasteiger partial charge in [0.1, 0.15) is 17.7 Å². The van der Waals surface area contributed by atoms with Gasteiger partial charge in [0.05, 0.1) is 5.69 Å². The lowest BCUT2D eigenvalue weighted by Crippen LogP contribution is -1.79. The minimum Gasteiger partial charge on any atom is -0.451 e. The van der Waals surface area contributed by atoms with E-state index in [4.69, 9.17) is 4.42 Å². The minimum absolute atomic E-state index is 0.705. The SMILES string of the molecule is Cc1n[nH]nc1-c1cocn1. The van der Waals surface area contributed by atoms with Crippen LogP contribution in [0.1, 0.15) is 5.69 Å². The minimum atomic E-state index is 0.705. The van der Waals surface area contributed by atoms with Crippen molar-refractivity contribution in [2.24, 2.45) is 0 Å². The Morgan fingerprint density at radius 2 is 2.36 bits per heavy atom. The molecular formula is C6H6N4O. The van der Waals surface area contributed by atoms with E-state index in [0.29, 0.717) is 5.69 Å². The van der Waals surface area contributed by atoms with Crippen LogP contribution in [-0.2, 0) is 0 Å². The second-order valence-corrected chi connectivity index (χ2v) is 2.13. The molecule has 0 saturated heterocycles. The molecule has 0 atom stereocenters. The average molecular weight is 150 g/mol. The van der Waals surface area contributed by atoms with Gasteiger partial charge in [0, 0.05) is 0 Å². The van der Waals surface area contributed by atoms with E-state index in [0.717, 1.165) is 11.4 Å². The van der Waals surface area contributed by atoms with Crippen molar-refractivity contribution in [1.29, 1.82) is 0 Å². The van der Waals surface area contributed by atoms with Gasteiger partial charge in [-0.05, 0) is 6.92 Å². The fourth-order valence-electron chi connectivity index (χ4n) is 0.856. The van der Waals surface area contributed by atoms with Crippen LogP contribution in [0.2, 0.25) is 0 Å². The zero-order valence-electron chi connectivity index (χ0n) is 5.90. The summed E-state index contributed by atoms with van der Waals surface area (Å²) in [5.74, 6) is 0. The molecule has 0 aliphatic rings. The van der Waals surface area contributed by atoms with Crippen LogP contribution in [0.15, 0.2) is 17.1 Å². The largest absolute Gasteiger partial charge is 0.451 e. The Balaban J connectivity index is 2.53. The molecule has 5 nitrogen and oxygen atoms in total. The molecule has 0 radical (unpaired) electrons. The second-order valence-electron chi connectivity index (χ2n) is 2.13. The molecule has 0 aliphatic carbocycles. The summed E-state index contributed by atoms with van der Waals surface area (Å²) >= 11 is 0.